The summed E-state index contributed by atoms with van der Waals surface area (Å²) in [7, 11) is 0. The van der Waals surface area contributed by atoms with Crippen molar-refractivity contribution >= 4 is 29.1 Å². The minimum absolute atomic E-state index is 0.372. The van der Waals surface area contributed by atoms with Crippen molar-refractivity contribution in [3.8, 4) is 0 Å². The van der Waals surface area contributed by atoms with Crippen LogP contribution in [0.3, 0.4) is 0 Å². The van der Waals surface area contributed by atoms with Crippen molar-refractivity contribution in [2.75, 3.05) is 0 Å². The molecule has 0 unspecified atom stereocenters. The zero-order valence-corrected chi connectivity index (χ0v) is 12.7. The Morgan fingerprint density at radius 2 is 2.11 bits per heavy atom. The lowest BCUT2D eigenvalue weighted by molar-refractivity contribution is 0.0696. The molecule has 1 aromatic heterocycles. The van der Waals surface area contributed by atoms with E-state index in [-0.39, 0.29) is 0 Å². The average molecular weight is 293 g/mol. The third-order valence-electron chi connectivity index (χ3n) is 2.87. The summed E-state index contributed by atoms with van der Waals surface area (Å²) in [6.07, 6.45) is 0. The largest absolute Gasteiger partial charge is 0.478 e. The Morgan fingerprint density at radius 3 is 2.68 bits per heavy atom. The lowest BCUT2D eigenvalue weighted by atomic mass is 10.1. The van der Waals surface area contributed by atoms with E-state index >= 15 is 0 Å². The molecule has 0 atom stereocenters. The fourth-order valence-electron chi connectivity index (χ4n) is 1.67. The molecule has 100 valence electrons. The van der Waals surface area contributed by atoms with E-state index in [9.17, 15) is 4.79 Å². The van der Waals surface area contributed by atoms with Gasteiger partial charge in [-0.25, -0.2) is 9.78 Å². The maximum absolute atomic E-state index is 11.1. The molecule has 1 N–H and O–H groups in total. The number of rotatable bonds is 4. The van der Waals surface area contributed by atoms with E-state index in [1.54, 1.807) is 29.2 Å². The van der Waals surface area contributed by atoms with Crippen LogP contribution in [0.5, 0.6) is 0 Å². The van der Waals surface area contributed by atoms with Gasteiger partial charge in [0.25, 0.3) is 0 Å². The van der Waals surface area contributed by atoms with Crippen LogP contribution in [-0.4, -0.2) is 16.1 Å². The number of thiazole rings is 1. The number of carboxylic acid groups (broad SMARTS) is 1. The van der Waals surface area contributed by atoms with Crippen molar-refractivity contribution in [3.05, 3.63) is 44.9 Å². The SMILES string of the molecule is Cc1ccc(SCc2nc(C)c(C)s2)cc1C(=O)O. The van der Waals surface area contributed by atoms with E-state index in [1.165, 1.54) is 4.88 Å². The van der Waals surface area contributed by atoms with Crippen LogP contribution in [0, 0.1) is 20.8 Å². The molecule has 0 radical (unpaired) electrons. The van der Waals surface area contributed by atoms with Gasteiger partial charge in [0, 0.05) is 9.77 Å². The van der Waals surface area contributed by atoms with Crippen LogP contribution in [0.15, 0.2) is 23.1 Å². The Morgan fingerprint density at radius 1 is 1.37 bits per heavy atom. The van der Waals surface area contributed by atoms with Gasteiger partial charge in [-0.2, -0.15) is 0 Å². The summed E-state index contributed by atoms with van der Waals surface area (Å²) in [6, 6.07) is 5.54. The minimum Gasteiger partial charge on any atom is -0.478 e. The Bertz CT molecular complexity index is 600. The molecule has 0 aliphatic rings. The molecule has 3 nitrogen and oxygen atoms in total. The second-order valence-corrected chi connectivity index (χ2v) is 6.66. The highest BCUT2D eigenvalue weighted by atomic mass is 32.2. The van der Waals surface area contributed by atoms with Gasteiger partial charge in [-0.1, -0.05) is 6.07 Å². The Labute approximate surface area is 120 Å². The number of hydrogen-bond donors (Lipinski definition) is 1. The molecular formula is C14H15NO2S2. The van der Waals surface area contributed by atoms with Crippen LogP contribution in [0.25, 0.3) is 0 Å². The van der Waals surface area contributed by atoms with Crippen molar-refractivity contribution in [2.45, 2.75) is 31.4 Å². The molecule has 1 heterocycles. The second-order valence-electron chi connectivity index (χ2n) is 4.32. The summed E-state index contributed by atoms with van der Waals surface area (Å²) < 4.78 is 0. The van der Waals surface area contributed by atoms with Gasteiger partial charge in [0.1, 0.15) is 5.01 Å². The molecule has 1 aromatic carbocycles. The third kappa shape index (κ3) is 3.36. The Balaban J connectivity index is 2.11. The first-order valence-electron chi connectivity index (χ1n) is 5.87. The predicted octanol–water partition coefficient (Wildman–Crippen LogP) is 4.06. The summed E-state index contributed by atoms with van der Waals surface area (Å²) in [6.45, 7) is 5.88. The van der Waals surface area contributed by atoms with Gasteiger partial charge < -0.3 is 5.11 Å². The van der Waals surface area contributed by atoms with E-state index in [4.69, 9.17) is 5.11 Å². The molecule has 2 rings (SSSR count). The van der Waals surface area contributed by atoms with Crippen LogP contribution in [0.2, 0.25) is 0 Å². The number of benzene rings is 1. The summed E-state index contributed by atoms with van der Waals surface area (Å²) in [5.41, 5.74) is 2.24. The number of aryl methyl sites for hydroxylation is 3. The first-order chi connectivity index (χ1) is 8.97. The minimum atomic E-state index is -0.874. The normalized spacial score (nSPS) is 10.7. The molecule has 0 saturated heterocycles. The number of thioether (sulfide) groups is 1. The number of aromatic carboxylic acids is 1. The number of nitrogens with zero attached hydrogens (tertiary/aromatic N) is 1. The average Bonchev–Trinajstić information content (AvgIpc) is 2.67. The highest BCUT2D eigenvalue weighted by Gasteiger charge is 2.09. The standard InChI is InChI=1S/C14H15NO2S2/c1-8-4-5-11(6-12(8)14(16)17)18-7-13-15-9(2)10(3)19-13/h4-6H,7H2,1-3H3,(H,16,17). The van der Waals surface area contributed by atoms with Crippen molar-refractivity contribution < 1.29 is 9.90 Å². The van der Waals surface area contributed by atoms with Gasteiger partial charge in [0.05, 0.1) is 17.0 Å². The lowest BCUT2D eigenvalue weighted by Gasteiger charge is -2.04. The van der Waals surface area contributed by atoms with Gasteiger partial charge in [0.2, 0.25) is 0 Å². The molecule has 2 aromatic rings. The van der Waals surface area contributed by atoms with Crippen molar-refractivity contribution in [1.29, 1.82) is 0 Å². The summed E-state index contributed by atoms with van der Waals surface area (Å²) in [5.74, 6) is -0.0949. The first-order valence-corrected chi connectivity index (χ1v) is 7.67. The van der Waals surface area contributed by atoms with E-state index in [0.717, 1.165) is 26.9 Å². The van der Waals surface area contributed by atoms with Crippen LogP contribution in [0.1, 0.15) is 31.5 Å². The maximum Gasteiger partial charge on any atom is 0.335 e. The fourth-order valence-corrected chi connectivity index (χ4v) is 3.53. The summed E-state index contributed by atoms with van der Waals surface area (Å²) in [5, 5.41) is 10.2. The van der Waals surface area contributed by atoms with Crippen LogP contribution in [-0.2, 0) is 5.75 Å². The lowest BCUT2D eigenvalue weighted by Crippen LogP contribution is -1.99. The van der Waals surface area contributed by atoms with Gasteiger partial charge in [0.15, 0.2) is 0 Å². The zero-order chi connectivity index (χ0) is 14.0. The third-order valence-corrected chi connectivity index (χ3v) is 5.14. The molecule has 0 fully saturated rings. The molecule has 0 bridgehead atoms. The molecular weight excluding hydrogens is 278 g/mol. The number of hydrogen-bond acceptors (Lipinski definition) is 4. The van der Waals surface area contributed by atoms with Gasteiger partial charge >= 0.3 is 5.97 Å². The molecule has 19 heavy (non-hydrogen) atoms. The van der Waals surface area contributed by atoms with E-state index in [0.29, 0.717) is 5.56 Å². The maximum atomic E-state index is 11.1. The van der Waals surface area contributed by atoms with Crippen LogP contribution in [0.4, 0.5) is 0 Å². The van der Waals surface area contributed by atoms with E-state index in [2.05, 4.69) is 11.9 Å². The van der Waals surface area contributed by atoms with E-state index < -0.39 is 5.97 Å². The van der Waals surface area contributed by atoms with Gasteiger partial charge in [-0.05, 0) is 38.5 Å². The molecule has 0 aliphatic carbocycles. The number of carboxylic acids is 1. The quantitative estimate of drug-likeness (QED) is 0.864. The first kappa shape index (κ1) is 14.1. The molecule has 0 aliphatic heterocycles. The van der Waals surface area contributed by atoms with Crippen LogP contribution >= 0.6 is 23.1 Å². The smallest absolute Gasteiger partial charge is 0.335 e. The van der Waals surface area contributed by atoms with Crippen molar-refractivity contribution in [2.24, 2.45) is 0 Å². The number of carbonyl (C=O) groups is 1. The summed E-state index contributed by atoms with van der Waals surface area (Å²) >= 11 is 3.32. The highest BCUT2D eigenvalue weighted by Crippen LogP contribution is 2.27. The van der Waals surface area contributed by atoms with Crippen molar-refractivity contribution in [1.82, 2.24) is 4.98 Å². The predicted molar refractivity (Wildman–Crippen MR) is 79.3 cm³/mol. The Hall–Kier alpha value is -1.33. The van der Waals surface area contributed by atoms with E-state index in [1.807, 2.05) is 26.0 Å². The van der Waals surface area contributed by atoms with Gasteiger partial charge in [-0.3, -0.25) is 0 Å². The Kier molecular flexibility index (Phi) is 4.27. The summed E-state index contributed by atoms with van der Waals surface area (Å²) in [4.78, 5) is 17.8. The highest BCUT2D eigenvalue weighted by molar-refractivity contribution is 7.98. The monoisotopic (exact) mass is 293 g/mol. The molecule has 0 spiro atoms. The molecule has 0 amide bonds. The fraction of sp³-hybridized carbons (Fsp3) is 0.286. The van der Waals surface area contributed by atoms with Gasteiger partial charge in [-0.15, -0.1) is 23.1 Å². The molecule has 5 heteroatoms. The number of aromatic nitrogens is 1. The second kappa shape index (κ2) is 5.75. The van der Waals surface area contributed by atoms with Crippen molar-refractivity contribution in [3.63, 3.8) is 0 Å². The zero-order valence-electron chi connectivity index (χ0n) is 11.1. The topological polar surface area (TPSA) is 50.2 Å². The molecule has 0 saturated carbocycles. The van der Waals surface area contributed by atoms with Crippen LogP contribution < -0.4 is 0 Å².